The first-order valence-electron chi connectivity index (χ1n) is 11.2. The largest absolute Gasteiger partial charge is 0.497 e. The number of carbonyl (C=O) groups is 1. The number of ether oxygens (including phenoxy) is 3. The lowest BCUT2D eigenvalue weighted by molar-refractivity contribution is -0.122. The second kappa shape index (κ2) is 13.0. The third-order valence-electron chi connectivity index (χ3n) is 5.35. The summed E-state index contributed by atoms with van der Waals surface area (Å²) in [5, 5.41) is 1.24. The van der Waals surface area contributed by atoms with Crippen molar-refractivity contribution in [3.8, 4) is 11.5 Å². The lowest BCUT2D eigenvalue weighted by Gasteiger charge is -2.14. The van der Waals surface area contributed by atoms with Crippen LogP contribution < -0.4 is 9.47 Å². The monoisotopic (exact) mass is 664 g/mol. The molecule has 37 heavy (non-hydrogen) atoms. The topological polar surface area (TPSA) is 60.4 Å². The van der Waals surface area contributed by atoms with Gasteiger partial charge in [0.05, 0.1) is 39.8 Å². The number of amides is 1. The molecule has 0 aliphatic carbocycles. The summed E-state index contributed by atoms with van der Waals surface area (Å²) in [5.41, 5.74) is 2.45. The van der Waals surface area contributed by atoms with E-state index < -0.39 is 0 Å². The second-order valence-corrected chi connectivity index (χ2v) is 11.0. The molecule has 3 aromatic carbocycles. The molecular formula is C27H23Br2ClN2O4S. The zero-order chi connectivity index (χ0) is 26.4. The molecule has 0 aromatic heterocycles. The van der Waals surface area contributed by atoms with E-state index in [9.17, 15) is 4.79 Å². The van der Waals surface area contributed by atoms with Crippen LogP contribution in [0, 0.1) is 0 Å². The van der Waals surface area contributed by atoms with Gasteiger partial charge in [0.1, 0.15) is 18.1 Å². The van der Waals surface area contributed by atoms with Crippen molar-refractivity contribution in [3.05, 3.63) is 90.7 Å². The van der Waals surface area contributed by atoms with E-state index in [1.54, 1.807) is 19.1 Å². The van der Waals surface area contributed by atoms with E-state index in [4.69, 9.17) is 30.8 Å². The molecule has 10 heteroatoms. The highest BCUT2D eigenvalue weighted by molar-refractivity contribution is 9.11. The van der Waals surface area contributed by atoms with Crippen molar-refractivity contribution in [1.82, 2.24) is 4.90 Å². The number of benzene rings is 3. The van der Waals surface area contributed by atoms with Crippen molar-refractivity contribution in [2.45, 2.75) is 6.61 Å². The van der Waals surface area contributed by atoms with E-state index in [-0.39, 0.29) is 5.91 Å². The Morgan fingerprint density at radius 1 is 1.05 bits per heavy atom. The highest BCUT2D eigenvalue weighted by Crippen LogP contribution is 2.39. The van der Waals surface area contributed by atoms with Gasteiger partial charge < -0.3 is 14.2 Å². The van der Waals surface area contributed by atoms with Crippen molar-refractivity contribution in [2.75, 3.05) is 27.4 Å². The van der Waals surface area contributed by atoms with Crippen LogP contribution >= 0.6 is 55.2 Å². The molecule has 1 heterocycles. The first-order valence-corrected chi connectivity index (χ1v) is 14.0. The van der Waals surface area contributed by atoms with Gasteiger partial charge in [0, 0.05) is 17.7 Å². The molecule has 6 nitrogen and oxygen atoms in total. The maximum Gasteiger partial charge on any atom is 0.266 e. The minimum Gasteiger partial charge on any atom is -0.497 e. The van der Waals surface area contributed by atoms with Crippen molar-refractivity contribution < 1.29 is 19.0 Å². The number of hydrogen-bond acceptors (Lipinski definition) is 6. The highest BCUT2D eigenvalue weighted by Gasteiger charge is 2.33. The lowest BCUT2D eigenvalue weighted by Crippen LogP contribution is -2.32. The average Bonchev–Trinajstić information content (AvgIpc) is 3.17. The van der Waals surface area contributed by atoms with Crippen LogP contribution in [0.3, 0.4) is 0 Å². The summed E-state index contributed by atoms with van der Waals surface area (Å²) in [5.74, 6) is 1.27. The second-order valence-electron chi connectivity index (χ2n) is 7.85. The Bertz CT molecular complexity index is 1330. The molecule has 0 radical (unpaired) electrons. The number of halogens is 3. The molecule has 192 valence electrons. The summed E-state index contributed by atoms with van der Waals surface area (Å²) >= 11 is 14.8. The van der Waals surface area contributed by atoms with E-state index >= 15 is 0 Å². The predicted molar refractivity (Wildman–Crippen MR) is 157 cm³/mol. The van der Waals surface area contributed by atoms with E-state index in [1.165, 1.54) is 11.8 Å². The molecule has 0 atom stereocenters. The molecule has 4 rings (SSSR count). The maximum absolute atomic E-state index is 13.3. The van der Waals surface area contributed by atoms with Gasteiger partial charge >= 0.3 is 0 Å². The van der Waals surface area contributed by atoms with Crippen molar-refractivity contribution >= 4 is 78.1 Å². The van der Waals surface area contributed by atoms with Crippen LogP contribution in [-0.4, -0.2) is 43.3 Å². The van der Waals surface area contributed by atoms with E-state index in [2.05, 4.69) is 31.9 Å². The fraction of sp³-hybridized carbons (Fsp3) is 0.185. The Labute approximate surface area is 241 Å². The first kappa shape index (κ1) is 27.7. The third-order valence-corrected chi connectivity index (χ3v) is 7.91. The summed E-state index contributed by atoms with van der Waals surface area (Å²) in [6.45, 7) is 1.12. The van der Waals surface area contributed by atoms with Gasteiger partial charge in [-0.25, -0.2) is 4.99 Å². The van der Waals surface area contributed by atoms with Crippen LogP contribution in [0.25, 0.3) is 6.08 Å². The van der Waals surface area contributed by atoms with Gasteiger partial charge in [-0.3, -0.25) is 9.69 Å². The number of nitrogens with zero attached hydrogens (tertiary/aromatic N) is 2. The number of rotatable bonds is 9. The van der Waals surface area contributed by atoms with Crippen molar-refractivity contribution in [2.24, 2.45) is 4.99 Å². The number of hydrogen-bond donors (Lipinski definition) is 0. The molecule has 1 amide bonds. The summed E-state index contributed by atoms with van der Waals surface area (Å²) in [6, 6.07) is 18.7. The van der Waals surface area contributed by atoms with Crippen molar-refractivity contribution in [3.63, 3.8) is 0 Å². The molecule has 0 unspecified atom stereocenters. The Morgan fingerprint density at radius 2 is 1.76 bits per heavy atom. The fourth-order valence-electron chi connectivity index (χ4n) is 3.46. The molecule has 1 aliphatic rings. The Kier molecular flexibility index (Phi) is 9.72. The smallest absolute Gasteiger partial charge is 0.266 e. The number of thioether (sulfide) groups is 1. The van der Waals surface area contributed by atoms with Crippen LogP contribution in [0.5, 0.6) is 11.5 Å². The molecule has 0 N–H and O–H groups in total. The highest BCUT2D eigenvalue weighted by atomic mass is 79.9. The lowest BCUT2D eigenvalue weighted by atomic mass is 10.2. The average molecular weight is 667 g/mol. The number of aliphatic imine (C=N–C) groups is 1. The van der Waals surface area contributed by atoms with Crippen LogP contribution in [0.15, 0.2) is 79.5 Å². The van der Waals surface area contributed by atoms with Crippen LogP contribution in [0.2, 0.25) is 5.02 Å². The zero-order valence-corrected chi connectivity index (χ0v) is 24.8. The molecule has 1 saturated heterocycles. The third kappa shape index (κ3) is 6.97. The van der Waals surface area contributed by atoms with Crippen LogP contribution in [-0.2, 0) is 16.1 Å². The molecule has 0 spiro atoms. The Balaban J connectivity index is 1.57. The van der Waals surface area contributed by atoms with Gasteiger partial charge in [-0.05, 0) is 97.7 Å². The fourth-order valence-corrected chi connectivity index (χ4v) is 6.12. The Hall–Kier alpha value is -2.30. The minimum atomic E-state index is -0.124. The summed E-state index contributed by atoms with van der Waals surface area (Å²) in [6.07, 6.45) is 1.84. The first-order chi connectivity index (χ1) is 17.9. The van der Waals surface area contributed by atoms with Gasteiger partial charge in [0.2, 0.25) is 0 Å². The van der Waals surface area contributed by atoms with Gasteiger partial charge in [0.15, 0.2) is 5.17 Å². The van der Waals surface area contributed by atoms with E-state index in [0.29, 0.717) is 40.6 Å². The quantitative estimate of drug-likeness (QED) is 0.219. The summed E-state index contributed by atoms with van der Waals surface area (Å²) in [7, 11) is 3.22. The minimum absolute atomic E-state index is 0.124. The molecular weight excluding hydrogens is 644 g/mol. The number of amidine groups is 1. The standard InChI is InChI=1S/C27H23Br2ClN2O4S/c1-34-12-11-32-26(33)24(37-27(32)31-19-7-9-20(35-2)10-8-19)15-17-13-21(28)25(22(29)14-17)36-16-18-5-3-4-6-23(18)30/h3-10,13-15H,11-12,16H2,1-2H3/b24-15-,31-27?. The number of methoxy groups -OCH3 is 2. The van der Waals surface area contributed by atoms with E-state index in [1.807, 2.05) is 66.7 Å². The van der Waals surface area contributed by atoms with E-state index in [0.717, 1.165) is 31.5 Å². The Morgan fingerprint density at radius 3 is 2.41 bits per heavy atom. The van der Waals surface area contributed by atoms with Gasteiger partial charge in [0.25, 0.3) is 5.91 Å². The maximum atomic E-state index is 13.3. The van der Waals surface area contributed by atoms with Gasteiger partial charge in [-0.15, -0.1) is 0 Å². The van der Waals surface area contributed by atoms with Crippen LogP contribution in [0.1, 0.15) is 11.1 Å². The predicted octanol–water partition coefficient (Wildman–Crippen LogP) is 7.70. The number of carbonyl (C=O) groups excluding carboxylic acids is 1. The molecule has 0 bridgehead atoms. The van der Waals surface area contributed by atoms with Gasteiger partial charge in [-0.1, -0.05) is 29.8 Å². The van der Waals surface area contributed by atoms with Gasteiger partial charge in [-0.2, -0.15) is 0 Å². The molecule has 1 aliphatic heterocycles. The molecule has 1 fully saturated rings. The van der Waals surface area contributed by atoms with Crippen LogP contribution in [0.4, 0.5) is 5.69 Å². The molecule has 0 saturated carbocycles. The normalized spacial score (nSPS) is 15.6. The molecule has 3 aromatic rings. The van der Waals surface area contributed by atoms with Crippen molar-refractivity contribution in [1.29, 1.82) is 0 Å². The zero-order valence-electron chi connectivity index (χ0n) is 20.0. The SMILES string of the molecule is COCCN1C(=O)/C(=C/c2cc(Br)c(OCc3ccccc3Cl)c(Br)c2)SC1=Nc1ccc(OC)cc1. The summed E-state index contributed by atoms with van der Waals surface area (Å²) in [4.78, 5) is 20.2. The summed E-state index contributed by atoms with van der Waals surface area (Å²) < 4.78 is 18.0.